The fraction of sp³-hybridized carbons (Fsp3) is 0.0909. The van der Waals surface area contributed by atoms with Crippen molar-refractivity contribution in [1.29, 1.82) is 0 Å². The molecule has 6 heteroatoms. The van der Waals surface area contributed by atoms with Crippen LogP contribution in [-0.2, 0) is 0 Å². The number of amides is 1. The van der Waals surface area contributed by atoms with Gasteiger partial charge in [0.2, 0.25) is 0 Å². The quantitative estimate of drug-likeness (QED) is 0.562. The van der Waals surface area contributed by atoms with Crippen LogP contribution >= 0.6 is 0 Å². The topological polar surface area (TPSA) is 55.6 Å². The van der Waals surface area contributed by atoms with Crippen molar-refractivity contribution in [3.63, 3.8) is 0 Å². The maximum atomic E-state index is 13.7. The number of benzene rings is 2. The highest BCUT2D eigenvalue weighted by atomic mass is 19.1. The highest BCUT2D eigenvalue weighted by Crippen LogP contribution is 2.25. The number of aromatic nitrogens is 2. The number of carbonyl (C=O) groups excluding carboxylic acids is 1. The lowest BCUT2D eigenvalue weighted by atomic mass is 10.1. The van der Waals surface area contributed by atoms with Gasteiger partial charge in [0.15, 0.2) is 0 Å². The molecule has 0 aliphatic rings. The molecule has 0 saturated heterocycles. The smallest absolute Gasteiger partial charge is 0.256 e. The van der Waals surface area contributed by atoms with Gasteiger partial charge in [-0.3, -0.25) is 9.20 Å². The van der Waals surface area contributed by atoms with Gasteiger partial charge in [0.05, 0.1) is 19.0 Å². The third-order valence-electron chi connectivity index (χ3n) is 4.67. The largest absolute Gasteiger partial charge is 0.497 e. The van der Waals surface area contributed by atoms with Crippen molar-refractivity contribution < 1.29 is 13.9 Å². The van der Waals surface area contributed by atoms with E-state index in [1.54, 1.807) is 26.3 Å². The molecule has 4 rings (SSSR count). The summed E-state index contributed by atoms with van der Waals surface area (Å²) in [7, 11) is 1.62. The number of imidazole rings is 1. The number of ether oxygens (including phenoxy) is 1. The molecule has 2 aromatic carbocycles. The van der Waals surface area contributed by atoms with E-state index in [4.69, 9.17) is 4.74 Å². The summed E-state index contributed by atoms with van der Waals surface area (Å²) in [6.07, 6.45) is 3.69. The number of anilines is 1. The van der Waals surface area contributed by atoms with Crippen LogP contribution in [0, 0.1) is 12.7 Å². The molecule has 2 heterocycles. The van der Waals surface area contributed by atoms with Crippen LogP contribution in [0.2, 0.25) is 0 Å². The predicted molar refractivity (Wildman–Crippen MR) is 106 cm³/mol. The van der Waals surface area contributed by atoms with E-state index in [1.165, 1.54) is 12.1 Å². The zero-order valence-electron chi connectivity index (χ0n) is 15.4. The molecule has 0 bridgehead atoms. The van der Waals surface area contributed by atoms with Crippen molar-refractivity contribution >= 4 is 17.2 Å². The molecule has 1 amide bonds. The van der Waals surface area contributed by atoms with Crippen molar-refractivity contribution in [3.05, 3.63) is 83.9 Å². The van der Waals surface area contributed by atoms with Gasteiger partial charge in [0, 0.05) is 29.1 Å². The normalized spacial score (nSPS) is 10.8. The number of hydrogen-bond donors (Lipinski definition) is 1. The average molecular weight is 375 g/mol. The Bertz CT molecular complexity index is 1170. The fourth-order valence-corrected chi connectivity index (χ4v) is 3.08. The molecule has 140 valence electrons. The molecular weight excluding hydrogens is 357 g/mol. The van der Waals surface area contributed by atoms with E-state index >= 15 is 0 Å². The van der Waals surface area contributed by atoms with E-state index in [2.05, 4.69) is 10.3 Å². The number of hydrogen-bond acceptors (Lipinski definition) is 3. The maximum absolute atomic E-state index is 13.7. The lowest BCUT2D eigenvalue weighted by Gasteiger charge is -2.09. The van der Waals surface area contributed by atoms with Crippen LogP contribution in [0.3, 0.4) is 0 Å². The zero-order valence-corrected chi connectivity index (χ0v) is 15.4. The van der Waals surface area contributed by atoms with Gasteiger partial charge >= 0.3 is 0 Å². The summed E-state index contributed by atoms with van der Waals surface area (Å²) in [6.45, 7) is 1.59. The molecule has 4 aromatic rings. The minimum absolute atomic E-state index is 0.319. The lowest BCUT2D eigenvalue weighted by Crippen LogP contribution is -2.13. The van der Waals surface area contributed by atoms with Crippen LogP contribution in [0.15, 0.2) is 67.0 Å². The van der Waals surface area contributed by atoms with Gasteiger partial charge in [-0.05, 0) is 42.8 Å². The number of carbonyl (C=O) groups is 1. The second kappa shape index (κ2) is 7.15. The van der Waals surface area contributed by atoms with E-state index in [-0.39, 0.29) is 5.91 Å². The van der Waals surface area contributed by atoms with Crippen molar-refractivity contribution in [3.8, 4) is 17.0 Å². The summed E-state index contributed by atoms with van der Waals surface area (Å²) in [4.78, 5) is 16.8. The highest BCUT2D eigenvalue weighted by Gasteiger charge is 2.12. The monoisotopic (exact) mass is 375 g/mol. The van der Waals surface area contributed by atoms with Gasteiger partial charge in [-0.15, -0.1) is 0 Å². The molecule has 0 spiro atoms. The molecule has 0 fully saturated rings. The van der Waals surface area contributed by atoms with Gasteiger partial charge in [0.25, 0.3) is 5.91 Å². The third kappa shape index (κ3) is 3.20. The Balaban J connectivity index is 1.57. The summed E-state index contributed by atoms with van der Waals surface area (Å²) in [5, 5.41) is 2.81. The van der Waals surface area contributed by atoms with Crippen LogP contribution in [0.4, 0.5) is 10.1 Å². The number of fused-ring (bicyclic) bond motifs is 1. The summed E-state index contributed by atoms with van der Waals surface area (Å²) in [5.41, 5.74) is 3.95. The molecule has 0 unspecified atom stereocenters. The number of pyridine rings is 1. The van der Waals surface area contributed by atoms with E-state index in [0.717, 1.165) is 22.7 Å². The number of halogens is 1. The Morgan fingerprint density at radius 3 is 2.68 bits per heavy atom. The van der Waals surface area contributed by atoms with E-state index in [9.17, 15) is 9.18 Å². The molecule has 5 nitrogen and oxygen atoms in total. The minimum Gasteiger partial charge on any atom is -0.497 e. The third-order valence-corrected chi connectivity index (χ3v) is 4.67. The Morgan fingerprint density at radius 1 is 1.14 bits per heavy atom. The molecule has 0 saturated carbocycles. The van der Waals surface area contributed by atoms with Crippen molar-refractivity contribution in [2.75, 3.05) is 12.4 Å². The van der Waals surface area contributed by atoms with Crippen LogP contribution in [0.5, 0.6) is 5.75 Å². The molecule has 28 heavy (non-hydrogen) atoms. The Labute approximate surface area is 161 Å². The summed E-state index contributed by atoms with van der Waals surface area (Å²) in [6, 6.07) is 15.6. The van der Waals surface area contributed by atoms with Crippen molar-refractivity contribution in [2.45, 2.75) is 6.92 Å². The second-order valence-corrected chi connectivity index (χ2v) is 6.38. The number of rotatable bonds is 4. The van der Waals surface area contributed by atoms with Crippen LogP contribution < -0.4 is 10.1 Å². The van der Waals surface area contributed by atoms with Crippen LogP contribution in [0.25, 0.3) is 16.9 Å². The maximum Gasteiger partial charge on any atom is 0.256 e. The zero-order chi connectivity index (χ0) is 19.7. The summed E-state index contributed by atoms with van der Waals surface area (Å²) in [5.74, 6) is 0.00855. The molecule has 0 atom stereocenters. The van der Waals surface area contributed by atoms with Crippen LogP contribution in [-0.4, -0.2) is 22.4 Å². The first kappa shape index (κ1) is 17.7. The van der Waals surface area contributed by atoms with Gasteiger partial charge in [-0.1, -0.05) is 18.2 Å². The number of nitrogens with zero attached hydrogens (tertiary/aromatic N) is 2. The van der Waals surface area contributed by atoms with Gasteiger partial charge < -0.3 is 10.1 Å². The fourth-order valence-electron chi connectivity index (χ4n) is 3.08. The van der Waals surface area contributed by atoms with Crippen LogP contribution in [0.1, 0.15) is 15.9 Å². The number of nitrogens with one attached hydrogen (secondary N) is 1. The lowest BCUT2D eigenvalue weighted by molar-refractivity contribution is 0.102. The molecule has 1 N–H and O–H groups in total. The standard InChI is InChI=1S/C22H18FN3O2/c1-14-18(4-3-5-19(14)23)22(27)25-16-8-6-15(7-9-16)20-13-24-21-12-17(28-2)10-11-26(20)21/h3-13H,1-2H3,(H,25,27). The number of methoxy groups -OCH3 is 1. The predicted octanol–water partition coefficient (Wildman–Crippen LogP) is 4.71. The first-order valence-electron chi connectivity index (χ1n) is 8.75. The van der Waals surface area contributed by atoms with Crippen molar-refractivity contribution in [2.24, 2.45) is 0 Å². The molecule has 0 radical (unpaired) electrons. The van der Waals surface area contributed by atoms with Gasteiger partial charge in [-0.25, -0.2) is 9.37 Å². The Kier molecular flexibility index (Phi) is 4.53. The van der Waals surface area contributed by atoms with E-state index in [1.807, 2.05) is 47.0 Å². The SMILES string of the molecule is COc1ccn2c(-c3ccc(NC(=O)c4cccc(F)c4C)cc3)cnc2c1. The first-order chi connectivity index (χ1) is 13.6. The Hall–Kier alpha value is -3.67. The average Bonchev–Trinajstić information content (AvgIpc) is 3.13. The summed E-state index contributed by atoms with van der Waals surface area (Å²) >= 11 is 0. The molecule has 0 aliphatic heterocycles. The second-order valence-electron chi connectivity index (χ2n) is 6.38. The van der Waals surface area contributed by atoms with Gasteiger partial charge in [0.1, 0.15) is 17.2 Å². The Morgan fingerprint density at radius 2 is 1.93 bits per heavy atom. The molecule has 2 aromatic heterocycles. The molecular formula is C22H18FN3O2. The van der Waals surface area contributed by atoms with Crippen molar-refractivity contribution in [1.82, 2.24) is 9.38 Å². The van der Waals surface area contributed by atoms with Gasteiger partial charge in [-0.2, -0.15) is 0 Å². The highest BCUT2D eigenvalue weighted by molar-refractivity contribution is 6.05. The first-order valence-corrected chi connectivity index (χ1v) is 8.75. The summed E-state index contributed by atoms with van der Waals surface area (Å²) < 4.78 is 20.9. The minimum atomic E-state index is -0.396. The van der Waals surface area contributed by atoms with E-state index in [0.29, 0.717) is 16.8 Å². The van der Waals surface area contributed by atoms with E-state index < -0.39 is 5.82 Å². The molecule has 0 aliphatic carbocycles.